The third-order valence-electron chi connectivity index (χ3n) is 5.27. The highest BCUT2D eigenvalue weighted by atomic mass is 35.5. The summed E-state index contributed by atoms with van der Waals surface area (Å²) in [5.74, 6) is -0.773. The first-order chi connectivity index (χ1) is 13.4. The van der Waals surface area contributed by atoms with Crippen LogP contribution < -0.4 is 0 Å². The summed E-state index contributed by atoms with van der Waals surface area (Å²) in [5, 5.41) is 4.07. The fourth-order valence-corrected chi connectivity index (χ4v) is 5.38. The molecule has 0 radical (unpaired) electrons. The van der Waals surface area contributed by atoms with Crippen molar-refractivity contribution < 1.29 is 17.6 Å². The number of halogens is 2. The van der Waals surface area contributed by atoms with Crippen LogP contribution in [-0.2, 0) is 23.0 Å². The van der Waals surface area contributed by atoms with Gasteiger partial charge in [0.05, 0.1) is 27.4 Å². The van der Waals surface area contributed by atoms with E-state index < -0.39 is 15.8 Å². The molecule has 4 rings (SSSR count). The first-order valence-electron chi connectivity index (χ1n) is 9.17. The molecule has 10 heteroatoms. The Morgan fingerprint density at radius 2 is 1.86 bits per heavy atom. The number of piperazine rings is 1. The van der Waals surface area contributed by atoms with Crippen molar-refractivity contribution in [1.29, 1.82) is 0 Å². The van der Waals surface area contributed by atoms with E-state index >= 15 is 0 Å². The smallest absolute Gasteiger partial charge is 0.257 e. The van der Waals surface area contributed by atoms with Crippen molar-refractivity contribution in [2.75, 3.05) is 26.2 Å². The second kappa shape index (κ2) is 7.46. The Morgan fingerprint density at radius 3 is 2.57 bits per heavy atom. The normalized spacial score (nSPS) is 18.1. The van der Waals surface area contributed by atoms with Crippen molar-refractivity contribution in [2.24, 2.45) is 0 Å². The lowest BCUT2D eigenvalue weighted by Gasteiger charge is -2.34. The lowest BCUT2D eigenvalue weighted by molar-refractivity contribution is 0.0696. The molecule has 1 saturated heterocycles. The van der Waals surface area contributed by atoms with Gasteiger partial charge in [0.25, 0.3) is 5.91 Å². The number of fused-ring (bicyclic) bond motifs is 1. The molecule has 2 aromatic rings. The van der Waals surface area contributed by atoms with Crippen molar-refractivity contribution in [3.8, 4) is 0 Å². The predicted octanol–water partition coefficient (Wildman–Crippen LogP) is 2.16. The molecule has 0 saturated carbocycles. The molecule has 2 aliphatic rings. The van der Waals surface area contributed by atoms with Crippen LogP contribution in [0, 0.1) is 5.82 Å². The van der Waals surface area contributed by atoms with Gasteiger partial charge in [-0.05, 0) is 37.5 Å². The zero-order valence-electron chi connectivity index (χ0n) is 15.1. The summed E-state index contributed by atoms with van der Waals surface area (Å²) >= 11 is 5.72. The van der Waals surface area contributed by atoms with Crippen molar-refractivity contribution in [3.05, 3.63) is 46.5 Å². The van der Waals surface area contributed by atoms with Gasteiger partial charge in [0.2, 0.25) is 10.0 Å². The van der Waals surface area contributed by atoms with Gasteiger partial charge in [-0.1, -0.05) is 11.6 Å². The first-order valence-corrected chi connectivity index (χ1v) is 11.0. The van der Waals surface area contributed by atoms with Crippen LogP contribution in [0.5, 0.6) is 0 Å². The molecular formula is C18H20ClFN4O3S. The van der Waals surface area contributed by atoms with Gasteiger partial charge in [0.1, 0.15) is 5.82 Å². The first kappa shape index (κ1) is 19.4. The van der Waals surface area contributed by atoms with Crippen LogP contribution in [0.3, 0.4) is 0 Å². The molecule has 0 bridgehead atoms. The third kappa shape index (κ3) is 3.42. The van der Waals surface area contributed by atoms with Crippen LogP contribution in [0.4, 0.5) is 4.39 Å². The molecule has 1 aromatic carbocycles. The minimum Gasteiger partial charge on any atom is -0.336 e. The standard InChI is InChI=1S/C18H20ClFN4O3S/c19-15-11-13(4-5-16(15)20)28(26,27)23-9-7-22(8-10-23)18(25)14-12-21-24-6-2-1-3-17(14)24/h4-5,11-12H,1-3,6-10H2. The van der Waals surface area contributed by atoms with Crippen LogP contribution in [0.25, 0.3) is 0 Å². The van der Waals surface area contributed by atoms with Crippen molar-refractivity contribution in [1.82, 2.24) is 19.0 Å². The van der Waals surface area contributed by atoms with Crippen LogP contribution in [0.15, 0.2) is 29.3 Å². The molecule has 3 heterocycles. The fourth-order valence-electron chi connectivity index (χ4n) is 3.69. The van der Waals surface area contributed by atoms with Gasteiger partial charge in [0, 0.05) is 32.7 Å². The zero-order valence-corrected chi connectivity index (χ0v) is 16.7. The Labute approximate surface area is 167 Å². The number of rotatable bonds is 3. The van der Waals surface area contributed by atoms with E-state index in [1.807, 2.05) is 4.68 Å². The summed E-state index contributed by atoms with van der Waals surface area (Å²) in [6, 6.07) is 3.36. The fraction of sp³-hybridized carbons (Fsp3) is 0.444. The van der Waals surface area contributed by atoms with Crippen molar-refractivity contribution >= 4 is 27.5 Å². The summed E-state index contributed by atoms with van der Waals surface area (Å²) in [6.07, 6.45) is 4.55. The molecule has 1 amide bonds. The molecular weight excluding hydrogens is 407 g/mol. The summed E-state index contributed by atoms with van der Waals surface area (Å²) in [4.78, 5) is 14.5. The van der Waals surface area contributed by atoms with Crippen LogP contribution in [-0.4, -0.2) is 59.5 Å². The van der Waals surface area contributed by atoms with E-state index in [1.54, 1.807) is 11.1 Å². The highest BCUT2D eigenvalue weighted by molar-refractivity contribution is 7.89. The minimum absolute atomic E-state index is 0.0515. The molecule has 2 aliphatic heterocycles. The number of nitrogens with zero attached hydrogens (tertiary/aromatic N) is 4. The van der Waals surface area contributed by atoms with Gasteiger partial charge in [-0.2, -0.15) is 9.40 Å². The number of hydrogen-bond donors (Lipinski definition) is 0. The van der Waals surface area contributed by atoms with E-state index in [-0.39, 0.29) is 42.0 Å². The van der Waals surface area contributed by atoms with E-state index in [1.165, 1.54) is 10.4 Å². The van der Waals surface area contributed by atoms with Crippen LogP contribution >= 0.6 is 11.6 Å². The number of sulfonamides is 1. The van der Waals surface area contributed by atoms with Gasteiger partial charge in [-0.15, -0.1) is 0 Å². The van der Waals surface area contributed by atoms with E-state index in [2.05, 4.69) is 5.10 Å². The van der Waals surface area contributed by atoms with Gasteiger partial charge in [-0.3, -0.25) is 9.48 Å². The summed E-state index contributed by atoms with van der Waals surface area (Å²) in [6.45, 7) is 1.75. The molecule has 0 unspecified atom stereocenters. The van der Waals surface area contributed by atoms with Gasteiger partial charge < -0.3 is 4.90 Å². The van der Waals surface area contributed by atoms with E-state index in [0.717, 1.165) is 43.6 Å². The quantitative estimate of drug-likeness (QED) is 0.753. The lowest BCUT2D eigenvalue weighted by atomic mass is 10.1. The van der Waals surface area contributed by atoms with Gasteiger partial charge >= 0.3 is 0 Å². The maximum absolute atomic E-state index is 13.3. The number of amides is 1. The number of hydrogen-bond acceptors (Lipinski definition) is 4. The third-order valence-corrected chi connectivity index (χ3v) is 7.45. The number of carbonyl (C=O) groups excluding carboxylic acids is 1. The zero-order chi connectivity index (χ0) is 19.9. The SMILES string of the molecule is O=C(c1cnn2c1CCCC2)N1CCN(S(=O)(=O)c2ccc(F)c(Cl)c2)CC1. The molecule has 1 aromatic heterocycles. The monoisotopic (exact) mass is 426 g/mol. The Bertz CT molecular complexity index is 1020. The Balaban J connectivity index is 1.46. The highest BCUT2D eigenvalue weighted by Crippen LogP contribution is 2.24. The Kier molecular flexibility index (Phi) is 5.15. The van der Waals surface area contributed by atoms with Gasteiger partial charge in [0.15, 0.2) is 0 Å². The van der Waals surface area contributed by atoms with E-state index in [4.69, 9.17) is 11.6 Å². The molecule has 0 aliphatic carbocycles. The van der Waals surface area contributed by atoms with Gasteiger partial charge in [-0.25, -0.2) is 12.8 Å². The molecule has 1 fully saturated rings. The summed E-state index contributed by atoms with van der Waals surface area (Å²) in [5.41, 5.74) is 1.58. The van der Waals surface area contributed by atoms with Crippen molar-refractivity contribution in [2.45, 2.75) is 30.7 Å². The topological polar surface area (TPSA) is 75.5 Å². The second-order valence-corrected chi connectivity index (χ2v) is 9.30. The molecule has 0 spiro atoms. The predicted molar refractivity (Wildman–Crippen MR) is 101 cm³/mol. The highest BCUT2D eigenvalue weighted by Gasteiger charge is 2.32. The molecule has 0 N–H and O–H groups in total. The number of aromatic nitrogens is 2. The van der Waals surface area contributed by atoms with Crippen LogP contribution in [0.1, 0.15) is 28.9 Å². The van der Waals surface area contributed by atoms with Crippen LogP contribution in [0.2, 0.25) is 5.02 Å². The average molecular weight is 427 g/mol. The number of benzene rings is 1. The van der Waals surface area contributed by atoms with E-state index in [9.17, 15) is 17.6 Å². The second-order valence-electron chi connectivity index (χ2n) is 6.96. The lowest BCUT2D eigenvalue weighted by Crippen LogP contribution is -2.50. The molecule has 150 valence electrons. The van der Waals surface area contributed by atoms with Crippen molar-refractivity contribution in [3.63, 3.8) is 0 Å². The maximum atomic E-state index is 13.3. The molecule has 28 heavy (non-hydrogen) atoms. The summed E-state index contributed by atoms with van der Waals surface area (Å²) in [7, 11) is -3.79. The maximum Gasteiger partial charge on any atom is 0.257 e. The largest absolute Gasteiger partial charge is 0.336 e. The minimum atomic E-state index is -3.79. The number of aryl methyl sites for hydroxylation is 1. The average Bonchev–Trinajstić information content (AvgIpc) is 3.13. The number of carbonyl (C=O) groups is 1. The Hall–Kier alpha value is -1.97. The molecule has 7 nitrogen and oxygen atoms in total. The molecule has 0 atom stereocenters. The van der Waals surface area contributed by atoms with E-state index in [0.29, 0.717) is 5.56 Å². The Morgan fingerprint density at radius 1 is 1.11 bits per heavy atom. The summed E-state index contributed by atoms with van der Waals surface area (Å²) < 4.78 is 42.1.